The molecular formula is C29H34ClFN6O5. The third kappa shape index (κ3) is 9.08. The lowest BCUT2D eigenvalue weighted by molar-refractivity contribution is -0.133. The van der Waals surface area contributed by atoms with Crippen molar-refractivity contribution in [1.82, 2.24) is 25.8 Å². The lowest BCUT2D eigenvalue weighted by Gasteiger charge is -2.33. The van der Waals surface area contributed by atoms with Crippen molar-refractivity contribution in [2.24, 2.45) is 0 Å². The lowest BCUT2D eigenvalue weighted by atomic mass is 10.1. The third-order valence-electron chi connectivity index (χ3n) is 6.81. The number of nitrogens with one attached hydrogen (secondary N) is 4. The first-order chi connectivity index (χ1) is 20.3. The van der Waals surface area contributed by atoms with E-state index in [4.69, 9.17) is 16.3 Å². The molecule has 3 aromatic rings. The Balaban J connectivity index is 1.31. The highest BCUT2D eigenvalue weighted by Gasteiger charge is 2.24. The van der Waals surface area contributed by atoms with Crippen molar-refractivity contribution in [3.05, 3.63) is 71.1 Å². The molecule has 42 heavy (non-hydrogen) atoms. The number of halogens is 2. The van der Waals surface area contributed by atoms with Crippen molar-refractivity contribution in [2.45, 2.75) is 31.5 Å². The molecule has 2 atom stereocenters. The zero-order valence-corrected chi connectivity index (χ0v) is 23.7. The molecule has 2 aromatic carbocycles. The number of nitrogens with zero attached hydrogens (tertiary/aromatic N) is 2. The van der Waals surface area contributed by atoms with E-state index in [0.29, 0.717) is 31.0 Å². The number of ether oxygens (including phenoxy) is 1. The average molecular weight is 601 g/mol. The van der Waals surface area contributed by atoms with E-state index < -0.39 is 23.9 Å². The number of aliphatic hydroxyl groups excluding tert-OH is 1. The number of piperazine rings is 1. The smallest absolute Gasteiger partial charge is 0.412 e. The molecule has 1 aliphatic heterocycles. The Labute approximate surface area is 247 Å². The predicted octanol–water partition coefficient (Wildman–Crippen LogP) is 2.42. The second-order valence-corrected chi connectivity index (χ2v) is 10.3. The Morgan fingerprint density at radius 3 is 2.81 bits per heavy atom. The monoisotopic (exact) mass is 600 g/mol. The molecule has 4 rings (SSSR count). The maximum Gasteiger partial charge on any atom is 0.412 e. The summed E-state index contributed by atoms with van der Waals surface area (Å²) < 4.78 is 19.1. The molecule has 1 fully saturated rings. The summed E-state index contributed by atoms with van der Waals surface area (Å²) in [5, 5.41) is 22.7. The van der Waals surface area contributed by atoms with Gasteiger partial charge in [0.2, 0.25) is 11.8 Å². The highest BCUT2D eigenvalue weighted by Crippen LogP contribution is 2.19. The van der Waals surface area contributed by atoms with Crippen LogP contribution in [0.3, 0.4) is 0 Å². The van der Waals surface area contributed by atoms with E-state index in [0.717, 1.165) is 10.8 Å². The van der Waals surface area contributed by atoms with Gasteiger partial charge < -0.3 is 30.7 Å². The zero-order chi connectivity index (χ0) is 29.9. The molecule has 0 saturated carbocycles. The molecule has 1 aliphatic rings. The first kappa shape index (κ1) is 31.1. The Morgan fingerprint density at radius 1 is 1.19 bits per heavy atom. The SMILES string of the molecule is O=C(CNCc1cccc(F)c1Cl)N[C@@H](CCC(=O)N1CCN[C@H](CO)C1)COC(=O)Nc1cc2ccccc2cn1. The maximum absolute atomic E-state index is 13.7. The molecule has 5 N–H and O–H groups in total. The van der Waals surface area contributed by atoms with Gasteiger partial charge in [-0.05, 0) is 29.5 Å². The van der Waals surface area contributed by atoms with Gasteiger partial charge in [-0.1, -0.05) is 48.0 Å². The molecule has 224 valence electrons. The van der Waals surface area contributed by atoms with Crippen LogP contribution in [-0.2, 0) is 20.9 Å². The molecule has 0 unspecified atom stereocenters. The van der Waals surface area contributed by atoms with Gasteiger partial charge in [0.25, 0.3) is 0 Å². The van der Waals surface area contributed by atoms with Crippen LogP contribution in [0.5, 0.6) is 0 Å². The number of amides is 3. The number of aliphatic hydroxyl groups is 1. The van der Waals surface area contributed by atoms with Crippen molar-refractivity contribution in [3.8, 4) is 0 Å². The number of rotatable bonds is 12. The first-order valence-electron chi connectivity index (χ1n) is 13.7. The van der Waals surface area contributed by atoms with E-state index in [1.165, 1.54) is 12.1 Å². The number of hydrogen-bond donors (Lipinski definition) is 5. The molecule has 0 bridgehead atoms. The Bertz CT molecular complexity index is 1400. The maximum atomic E-state index is 13.7. The van der Waals surface area contributed by atoms with Crippen LogP contribution in [0.4, 0.5) is 15.0 Å². The lowest BCUT2D eigenvalue weighted by Crippen LogP contribution is -2.54. The molecule has 1 saturated heterocycles. The average Bonchev–Trinajstić information content (AvgIpc) is 3.00. The van der Waals surface area contributed by atoms with Gasteiger partial charge in [0.1, 0.15) is 18.2 Å². The number of pyridine rings is 1. The van der Waals surface area contributed by atoms with Gasteiger partial charge in [-0.15, -0.1) is 0 Å². The van der Waals surface area contributed by atoms with E-state index in [1.54, 1.807) is 23.2 Å². The largest absolute Gasteiger partial charge is 0.447 e. The topological polar surface area (TPSA) is 145 Å². The first-order valence-corrected chi connectivity index (χ1v) is 14.0. The number of fused-ring (bicyclic) bond motifs is 1. The molecule has 13 heteroatoms. The number of benzene rings is 2. The van der Waals surface area contributed by atoms with Gasteiger partial charge in [-0.2, -0.15) is 0 Å². The van der Waals surface area contributed by atoms with Gasteiger partial charge in [0.15, 0.2) is 0 Å². The molecule has 0 radical (unpaired) electrons. The van der Waals surface area contributed by atoms with E-state index >= 15 is 0 Å². The Hall–Kier alpha value is -3.84. The van der Waals surface area contributed by atoms with Crippen molar-refractivity contribution in [1.29, 1.82) is 0 Å². The van der Waals surface area contributed by atoms with Crippen LogP contribution < -0.4 is 21.3 Å². The molecule has 0 aliphatic carbocycles. The van der Waals surface area contributed by atoms with Crippen LogP contribution in [0.2, 0.25) is 5.02 Å². The normalized spacial score (nSPS) is 15.7. The number of hydrogen-bond acceptors (Lipinski definition) is 8. The van der Waals surface area contributed by atoms with Gasteiger partial charge in [0, 0.05) is 50.2 Å². The number of aromatic nitrogens is 1. The molecular weight excluding hydrogens is 567 g/mol. The Kier molecular flexibility index (Phi) is 11.4. The fourth-order valence-electron chi connectivity index (χ4n) is 4.57. The standard InChI is InChI=1S/C29H34ClFN6O5/c30-28-21(6-3-7-24(28)31)13-32-15-26(39)35-22(8-9-27(40)37-11-10-33-23(16-37)17-38)18-42-29(41)36-25-12-19-4-1-2-5-20(19)14-34-25/h1-7,12,14,22-23,32-33,38H,8-11,13,15-18H2,(H,35,39)(H,34,36,41)/t22-,23-/m0/s1. The van der Waals surface area contributed by atoms with E-state index in [1.807, 2.05) is 24.3 Å². The minimum Gasteiger partial charge on any atom is -0.447 e. The summed E-state index contributed by atoms with van der Waals surface area (Å²) in [6.45, 7) is 1.26. The quantitative estimate of drug-likeness (QED) is 0.213. The van der Waals surface area contributed by atoms with Crippen molar-refractivity contribution in [2.75, 3.05) is 44.7 Å². The van der Waals surface area contributed by atoms with E-state index in [2.05, 4.69) is 26.3 Å². The van der Waals surface area contributed by atoms with Gasteiger partial charge in [-0.3, -0.25) is 14.9 Å². The fraction of sp³-hybridized carbons (Fsp3) is 0.379. The molecule has 11 nitrogen and oxygen atoms in total. The van der Waals surface area contributed by atoms with Crippen molar-refractivity contribution < 1.29 is 28.6 Å². The van der Waals surface area contributed by atoms with Crippen LogP contribution >= 0.6 is 11.6 Å². The van der Waals surface area contributed by atoms with E-state index in [-0.39, 0.29) is 56.1 Å². The summed E-state index contributed by atoms with van der Waals surface area (Å²) in [4.78, 5) is 44.0. The number of anilines is 1. The summed E-state index contributed by atoms with van der Waals surface area (Å²) >= 11 is 5.98. The van der Waals surface area contributed by atoms with Crippen LogP contribution in [0.15, 0.2) is 54.7 Å². The molecule has 0 spiro atoms. The van der Waals surface area contributed by atoms with Crippen LogP contribution in [0.1, 0.15) is 18.4 Å². The summed E-state index contributed by atoms with van der Waals surface area (Å²) in [6, 6.07) is 12.9. The predicted molar refractivity (Wildman–Crippen MR) is 156 cm³/mol. The van der Waals surface area contributed by atoms with Crippen LogP contribution in [-0.4, -0.2) is 84.4 Å². The van der Waals surface area contributed by atoms with Gasteiger partial charge in [-0.25, -0.2) is 14.2 Å². The number of carbonyl (C=O) groups is 3. The molecule has 3 amide bonds. The van der Waals surface area contributed by atoms with E-state index in [9.17, 15) is 23.9 Å². The Morgan fingerprint density at radius 2 is 2.00 bits per heavy atom. The fourth-order valence-corrected chi connectivity index (χ4v) is 4.76. The minimum atomic E-state index is -0.755. The van der Waals surface area contributed by atoms with Crippen LogP contribution in [0.25, 0.3) is 10.8 Å². The second kappa shape index (κ2) is 15.4. The van der Waals surface area contributed by atoms with Gasteiger partial charge in [0.05, 0.1) is 24.2 Å². The molecule has 1 aromatic heterocycles. The summed E-state index contributed by atoms with van der Waals surface area (Å²) in [5.74, 6) is -0.762. The highest BCUT2D eigenvalue weighted by molar-refractivity contribution is 6.31. The zero-order valence-electron chi connectivity index (χ0n) is 22.9. The van der Waals surface area contributed by atoms with Crippen molar-refractivity contribution >= 4 is 46.1 Å². The molecule has 2 heterocycles. The second-order valence-electron chi connectivity index (χ2n) is 9.93. The summed E-state index contributed by atoms with van der Waals surface area (Å²) in [5.41, 5.74) is 0.506. The number of carbonyl (C=O) groups excluding carboxylic acids is 3. The minimum absolute atomic E-state index is 0.0153. The summed E-state index contributed by atoms with van der Waals surface area (Å²) in [7, 11) is 0. The van der Waals surface area contributed by atoms with Gasteiger partial charge >= 0.3 is 6.09 Å². The highest BCUT2D eigenvalue weighted by atomic mass is 35.5. The summed E-state index contributed by atoms with van der Waals surface area (Å²) in [6.07, 6.45) is 1.21. The van der Waals surface area contributed by atoms with Crippen molar-refractivity contribution in [3.63, 3.8) is 0 Å². The third-order valence-corrected chi connectivity index (χ3v) is 7.23. The van der Waals surface area contributed by atoms with Crippen LogP contribution in [0, 0.1) is 5.82 Å².